The standard InChI is InChI=1S/C16H21ClN2O3/c1-16(2,9-17)22-15(21)14-11-6-10(7-18-14)12-4-3-5-13(20)19(12)8-11/h3-5,10-11,14,18H,6-9H2,1-2H3/t10-,11-,14?/m1/s1. The topological polar surface area (TPSA) is 60.3 Å². The molecule has 0 saturated carbocycles. The van der Waals surface area contributed by atoms with Gasteiger partial charge < -0.3 is 14.6 Å². The fourth-order valence-corrected chi connectivity index (χ4v) is 3.44. The molecule has 1 aromatic rings. The summed E-state index contributed by atoms with van der Waals surface area (Å²) in [5.41, 5.74) is 0.382. The summed E-state index contributed by atoms with van der Waals surface area (Å²) in [6.45, 7) is 4.83. The molecule has 0 radical (unpaired) electrons. The number of carbonyl (C=O) groups excluding carboxylic acids is 1. The minimum atomic E-state index is -0.680. The number of aromatic nitrogens is 1. The highest BCUT2D eigenvalue weighted by Crippen LogP contribution is 2.35. The minimum absolute atomic E-state index is 0.00213. The van der Waals surface area contributed by atoms with E-state index in [9.17, 15) is 9.59 Å². The van der Waals surface area contributed by atoms with Gasteiger partial charge in [0, 0.05) is 36.7 Å². The highest BCUT2D eigenvalue weighted by Gasteiger charge is 2.41. The molecular weight excluding hydrogens is 304 g/mol. The molecule has 3 atom stereocenters. The number of piperidine rings is 1. The van der Waals surface area contributed by atoms with Crippen molar-refractivity contribution in [3.63, 3.8) is 0 Å². The molecule has 0 amide bonds. The molecule has 5 nitrogen and oxygen atoms in total. The highest BCUT2D eigenvalue weighted by atomic mass is 35.5. The Hall–Kier alpha value is -1.33. The first-order valence-corrected chi connectivity index (χ1v) is 8.17. The van der Waals surface area contributed by atoms with Gasteiger partial charge in [-0.05, 0) is 26.3 Å². The number of nitrogens with zero attached hydrogens (tertiary/aromatic N) is 1. The molecule has 1 N–H and O–H groups in total. The van der Waals surface area contributed by atoms with Crippen LogP contribution < -0.4 is 10.9 Å². The van der Waals surface area contributed by atoms with Crippen molar-refractivity contribution in [1.82, 2.24) is 9.88 Å². The number of fused-ring (bicyclic) bond motifs is 4. The van der Waals surface area contributed by atoms with Gasteiger partial charge in [-0.1, -0.05) is 6.07 Å². The minimum Gasteiger partial charge on any atom is -0.457 e. The van der Waals surface area contributed by atoms with Gasteiger partial charge in [-0.3, -0.25) is 9.59 Å². The molecule has 2 bridgehead atoms. The summed E-state index contributed by atoms with van der Waals surface area (Å²) < 4.78 is 7.31. The maximum Gasteiger partial charge on any atom is 0.324 e. The summed E-state index contributed by atoms with van der Waals surface area (Å²) in [6, 6.07) is 5.00. The van der Waals surface area contributed by atoms with Crippen LogP contribution in [-0.2, 0) is 16.1 Å². The number of hydrogen-bond donors (Lipinski definition) is 1. The Morgan fingerprint density at radius 2 is 2.27 bits per heavy atom. The van der Waals surface area contributed by atoms with E-state index in [0.29, 0.717) is 13.1 Å². The number of ether oxygens (including phenoxy) is 1. The van der Waals surface area contributed by atoms with Gasteiger partial charge in [0.2, 0.25) is 0 Å². The van der Waals surface area contributed by atoms with Crippen molar-refractivity contribution in [3.8, 4) is 0 Å². The number of hydrogen-bond acceptors (Lipinski definition) is 4. The number of nitrogens with one attached hydrogen (secondary N) is 1. The Bertz CT molecular complexity index is 641. The van der Waals surface area contributed by atoms with E-state index in [4.69, 9.17) is 16.3 Å². The van der Waals surface area contributed by atoms with Crippen LogP contribution in [0, 0.1) is 5.92 Å². The van der Waals surface area contributed by atoms with Crippen LogP contribution in [0.1, 0.15) is 31.9 Å². The normalized spacial score (nSPS) is 27.1. The molecule has 2 aliphatic heterocycles. The maximum atomic E-state index is 12.4. The van der Waals surface area contributed by atoms with Crippen LogP contribution in [0.3, 0.4) is 0 Å². The van der Waals surface area contributed by atoms with Crippen molar-refractivity contribution in [2.24, 2.45) is 5.92 Å². The zero-order valence-corrected chi connectivity index (χ0v) is 13.6. The van der Waals surface area contributed by atoms with Crippen LogP contribution in [0.25, 0.3) is 0 Å². The van der Waals surface area contributed by atoms with Crippen LogP contribution >= 0.6 is 11.6 Å². The second-order valence-corrected chi connectivity index (χ2v) is 7.06. The predicted octanol–water partition coefficient (Wildman–Crippen LogP) is 1.48. The van der Waals surface area contributed by atoms with Crippen molar-refractivity contribution >= 4 is 17.6 Å². The van der Waals surface area contributed by atoms with Crippen molar-refractivity contribution in [3.05, 3.63) is 34.2 Å². The molecule has 1 aromatic heterocycles. The molecule has 1 unspecified atom stereocenters. The third-order valence-electron chi connectivity index (χ3n) is 4.51. The first kappa shape index (κ1) is 15.6. The van der Waals surface area contributed by atoms with E-state index in [1.54, 1.807) is 30.5 Å². The maximum absolute atomic E-state index is 12.4. The van der Waals surface area contributed by atoms with Gasteiger partial charge >= 0.3 is 5.97 Å². The fourth-order valence-electron chi connectivity index (χ4n) is 3.39. The fraction of sp³-hybridized carbons (Fsp3) is 0.625. The zero-order valence-electron chi connectivity index (χ0n) is 12.8. The number of alkyl halides is 1. The SMILES string of the molecule is CC(C)(CCl)OC(=O)C1NC[C@H]2C[C@@H]1Cn1c2cccc1=O. The molecule has 22 heavy (non-hydrogen) atoms. The molecule has 0 aromatic carbocycles. The molecule has 0 aliphatic carbocycles. The van der Waals surface area contributed by atoms with Gasteiger partial charge in [0.25, 0.3) is 5.56 Å². The lowest BCUT2D eigenvalue weighted by molar-refractivity contribution is -0.160. The lowest BCUT2D eigenvalue weighted by Gasteiger charge is -2.42. The first-order chi connectivity index (χ1) is 10.4. The number of carbonyl (C=O) groups is 1. The molecule has 6 heteroatoms. The lowest BCUT2D eigenvalue weighted by atomic mass is 9.79. The average molecular weight is 325 g/mol. The largest absolute Gasteiger partial charge is 0.457 e. The van der Waals surface area contributed by atoms with Crippen molar-refractivity contribution in [1.29, 1.82) is 0 Å². The second kappa shape index (κ2) is 5.70. The predicted molar refractivity (Wildman–Crippen MR) is 84.2 cm³/mol. The first-order valence-electron chi connectivity index (χ1n) is 7.63. The summed E-state index contributed by atoms with van der Waals surface area (Å²) >= 11 is 5.83. The van der Waals surface area contributed by atoms with Gasteiger partial charge in [-0.15, -0.1) is 11.6 Å². The number of esters is 1. The van der Waals surface area contributed by atoms with Crippen molar-refractivity contribution < 1.29 is 9.53 Å². The summed E-state index contributed by atoms with van der Waals surface area (Å²) in [4.78, 5) is 24.5. The van der Waals surface area contributed by atoms with Crippen LogP contribution in [0.2, 0.25) is 0 Å². The third kappa shape index (κ3) is 2.79. The van der Waals surface area contributed by atoms with Gasteiger partial charge in [-0.25, -0.2) is 0 Å². The Kier molecular flexibility index (Phi) is 4.03. The number of rotatable bonds is 3. The molecule has 3 heterocycles. The Balaban J connectivity index is 1.81. The van der Waals surface area contributed by atoms with Crippen molar-refractivity contribution in [2.45, 2.75) is 44.4 Å². The van der Waals surface area contributed by atoms with E-state index < -0.39 is 5.60 Å². The molecule has 120 valence electrons. The Morgan fingerprint density at radius 1 is 1.50 bits per heavy atom. The zero-order chi connectivity index (χ0) is 15.9. The molecule has 1 saturated heterocycles. The number of pyridine rings is 1. The van der Waals surface area contributed by atoms with Crippen LogP contribution in [0.15, 0.2) is 23.0 Å². The smallest absolute Gasteiger partial charge is 0.324 e. The van der Waals surface area contributed by atoms with Gasteiger partial charge in [-0.2, -0.15) is 0 Å². The van der Waals surface area contributed by atoms with E-state index in [-0.39, 0.29) is 35.3 Å². The van der Waals surface area contributed by atoms with E-state index in [0.717, 1.165) is 12.1 Å². The Morgan fingerprint density at radius 3 is 3.00 bits per heavy atom. The van der Waals surface area contributed by atoms with Gasteiger partial charge in [0.05, 0.1) is 5.88 Å². The summed E-state index contributed by atoms with van der Waals surface area (Å²) in [6.07, 6.45) is 0.900. The second-order valence-electron chi connectivity index (χ2n) is 6.79. The van der Waals surface area contributed by atoms with Crippen LogP contribution in [-0.4, -0.2) is 34.6 Å². The molecule has 0 spiro atoms. The molecular formula is C16H21ClN2O3. The molecule has 1 fully saturated rings. The average Bonchev–Trinajstić information content (AvgIpc) is 2.48. The van der Waals surface area contributed by atoms with Gasteiger partial charge in [0.1, 0.15) is 11.6 Å². The molecule has 2 aliphatic rings. The van der Waals surface area contributed by atoms with Crippen LogP contribution in [0.4, 0.5) is 0 Å². The van der Waals surface area contributed by atoms with Crippen molar-refractivity contribution in [2.75, 3.05) is 12.4 Å². The number of halogens is 1. The van der Waals surface area contributed by atoms with Crippen LogP contribution in [0.5, 0.6) is 0 Å². The molecule has 3 rings (SSSR count). The third-order valence-corrected chi connectivity index (χ3v) is 5.16. The quantitative estimate of drug-likeness (QED) is 0.676. The monoisotopic (exact) mass is 324 g/mol. The van der Waals surface area contributed by atoms with E-state index in [1.807, 2.05) is 6.07 Å². The lowest BCUT2D eigenvalue weighted by Crippen LogP contribution is -2.56. The van der Waals surface area contributed by atoms with E-state index in [2.05, 4.69) is 5.32 Å². The summed E-state index contributed by atoms with van der Waals surface area (Å²) in [5, 5.41) is 3.29. The Labute approximate surface area is 134 Å². The van der Waals surface area contributed by atoms with Gasteiger partial charge in [0.15, 0.2) is 0 Å². The summed E-state index contributed by atoms with van der Waals surface area (Å²) in [7, 11) is 0. The van der Waals surface area contributed by atoms with E-state index in [1.165, 1.54) is 0 Å². The summed E-state index contributed by atoms with van der Waals surface area (Å²) in [5.74, 6) is 0.324. The van der Waals surface area contributed by atoms with E-state index >= 15 is 0 Å². The highest BCUT2D eigenvalue weighted by molar-refractivity contribution is 6.18.